The lowest BCUT2D eigenvalue weighted by Gasteiger charge is -2.26. The smallest absolute Gasteiger partial charge is 0.0645 e. The summed E-state index contributed by atoms with van der Waals surface area (Å²) in [6.45, 7) is 0. The summed E-state index contributed by atoms with van der Waals surface area (Å²) in [6.07, 6.45) is 3.73. The van der Waals surface area contributed by atoms with Crippen LogP contribution in [-0.4, -0.2) is 9.55 Å². The highest BCUT2D eigenvalue weighted by Crippen LogP contribution is 2.40. The molecule has 0 spiro atoms. The zero-order valence-electron chi connectivity index (χ0n) is 23.2. The number of nitrogens with zero attached hydrogens (tertiary/aromatic N) is 3. The van der Waals surface area contributed by atoms with Gasteiger partial charge in [-0.1, -0.05) is 101 Å². The molecule has 204 valence electrons. The Morgan fingerprint density at radius 3 is 1.93 bits per heavy atom. The van der Waals surface area contributed by atoms with Gasteiger partial charge in [-0.3, -0.25) is 4.98 Å². The van der Waals surface area contributed by atoms with Gasteiger partial charge in [0.1, 0.15) is 0 Å². The summed E-state index contributed by atoms with van der Waals surface area (Å²) in [4.78, 5) is 6.72. The maximum atomic E-state index is 4.44. The molecule has 6 aromatic carbocycles. The first-order valence-electron chi connectivity index (χ1n) is 14.3. The van der Waals surface area contributed by atoms with E-state index in [1.54, 1.807) is 0 Å². The summed E-state index contributed by atoms with van der Waals surface area (Å²) in [6, 6.07) is 51.8. The van der Waals surface area contributed by atoms with Gasteiger partial charge in [-0.15, -0.1) is 0 Å². The summed E-state index contributed by atoms with van der Waals surface area (Å²) in [5.41, 5.74) is 9.03. The predicted octanol–water partition coefficient (Wildman–Crippen LogP) is 11.2. The van der Waals surface area contributed by atoms with Gasteiger partial charge in [0.15, 0.2) is 0 Å². The molecule has 0 unspecified atom stereocenters. The molecule has 4 heteroatoms. The molecule has 0 aliphatic carbocycles. The van der Waals surface area contributed by atoms with Crippen LogP contribution in [0.5, 0.6) is 0 Å². The molecule has 0 aliphatic heterocycles. The van der Waals surface area contributed by atoms with Crippen LogP contribution in [-0.2, 0) is 0 Å². The Morgan fingerprint density at radius 1 is 0.535 bits per heavy atom. The minimum atomic E-state index is 1.02. The average molecular weight is 617 g/mol. The van der Waals surface area contributed by atoms with E-state index in [1.165, 1.54) is 32.6 Å². The normalized spacial score (nSPS) is 11.4. The van der Waals surface area contributed by atoms with E-state index in [-0.39, 0.29) is 0 Å². The standard InChI is InChI=1S/C39H26BrN3/c40-30-23-29(24-33(25-30)43-38-15-5-3-13-35(38)36-14-4-6-16-39(36)43)27-18-20-31(21-19-27)42(32-11-8-22-41-26-32)37-17-7-10-28-9-1-2-12-34(28)37/h1-26H. The van der Waals surface area contributed by atoms with E-state index in [9.17, 15) is 0 Å². The van der Waals surface area contributed by atoms with Gasteiger partial charge in [-0.2, -0.15) is 0 Å². The van der Waals surface area contributed by atoms with Gasteiger partial charge >= 0.3 is 0 Å². The molecular formula is C39H26BrN3. The SMILES string of the molecule is Brc1cc(-c2ccc(N(c3cccnc3)c3cccc4ccccc34)cc2)cc(-n2c3ccccc3c3ccccc32)c1. The molecule has 0 aliphatic rings. The molecule has 0 saturated carbocycles. The summed E-state index contributed by atoms with van der Waals surface area (Å²) in [5.74, 6) is 0. The lowest BCUT2D eigenvalue weighted by molar-refractivity contribution is 1.18. The molecule has 8 rings (SSSR count). The van der Waals surface area contributed by atoms with Crippen molar-refractivity contribution in [1.29, 1.82) is 0 Å². The van der Waals surface area contributed by atoms with Crippen LogP contribution in [0.4, 0.5) is 17.1 Å². The molecule has 2 aromatic heterocycles. The highest BCUT2D eigenvalue weighted by Gasteiger charge is 2.16. The maximum absolute atomic E-state index is 4.44. The fraction of sp³-hybridized carbons (Fsp3) is 0. The van der Waals surface area contributed by atoms with Crippen LogP contribution >= 0.6 is 15.9 Å². The van der Waals surface area contributed by atoms with Crippen molar-refractivity contribution >= 4 is 65.6 Å². The van der Waals surface area contributed by atoms with Gasteiger partial charge in [0.25, 0.3) is 0 Å². The second-order valence-electron chi connectivity index (χ2n) is 10.7. The first-order chi connectivity index (χ1) is 21.2. The Balaban J connectivity index is 1.24. The van der Waals surface area contributed by atoms with Crippen LogP contribution in [0.3, 0.4) is 0 Å². The number of hydrogen-bond acceptors (Lipinski definition) is 2. The molecule has 0 atom stereocenters. The molecule has 3 nitrogen and oxygen atoms in total. The quantitative estimate of drug-likeness (QED) is 0.192. The van der Waals surface area contributed by atoms with Gasteiger partial charge in [0.05, 0.1) is 28.6 Å². The topological polar surface area (TPSA) is 21.1 Å². The van der Waals surface area contributed by atoms with Crippen LogP contribution in [0.2, 0.25) is 0 Å². The van der Waals surface area contributed by atoms with Crippen LogP contribution in [0, 0.1) is 0 Å². The molecule has 0 radical (unpaired) electrons. The highest BCUT2D eigenvalue weighted by atomic mass is 79.9. The summed E-state index contributed by atoms with van der Waals surface area (Å²) in [5, 5.41) is 4.92. The summed E-state index contributed by atoms with van der Waals surface area (Å²) < 4.78 is 3.40. The zero-order valence-corrected chi connectivity index (χ0v) is 24.8. The first-order valence-corrected chi connectivity index (χ1v) is 15.1. The lowest BCUT2D eigenvalue weighted by Crippen LogP contribution is -2.10. The third-order valence-corrected chi connectivity index (χ3v) is 8.55. The van der Waals surface area contributed by atoms with E-state index in [1.807, 2.05) is 18.5 Å². The Bertz CT molecular complexity index is 2190. The summed E-state index contributed by atoms with van der Waals surface area (Å²) >= 11 is 3.82. The van der Waals surface area contributed by atoms with Gasteiger partial charge in [0, 0.05) is 38.2 Å². The van der Waals surface area contributed by atoms with E-state index in [2.05, 4.69) is 170 Å². The number of hydrogen-bond donors (Lipinski definition) is 0. The predicted molar refractivity (Wildman–Crippen MR) is 184 cm³/mol. The fourth-order valence-corrected chi connectivity index (χ4v) is 6.67. The summed E-state index contributed by atoms with van der Waals surface area (Å²) in [7, 11) is 0. The minimum absolute atomic E-state index is 1.02. The number of aromatic nitrogens is 2. The van der Waals surface area contributed by atoms with E-state index in [0.29, 0.717) is 0 Å². The Hall–Kier alpha value is -5.19. The number of pyridine rings is 1. The Labute approximate surface area is 258 Å². The van der Waals surface area contributed by atoms with Gasteiger partial charge in [-0.25, -0.2) is 0 Å². The molecule has 2 heterocycles. The average Bonchev–Trinajstić information content (AvgIpc) is 3.40. The maximum Gasteiger partial charge on any atom is 0.0645 e. The van der Waals surface area contributed by atoms with Gasteiger partial charge in [0.2, 0.25) is 0 Å². The van der Waals surface area contributed by atoms with Crippen molar-refractivity contribution in [3.8, 4) is 16.8 Å². The number of para-hydroxylation sites is 2. The van der Waals surface area contributed by atoms with Crippen molar-refractivity contribution in [3.05, 3.63) is 162 Å². The number of halogens is 1. The van der Waals surface area contributed by atoms with Crippen LogP contribution in [0.15, 0.2) is 162 Å². The number of benzene rings is 6. The van der Waals surface area contributed by atoms with Gasteiger partial charge in [-0.05, 0) is 77.2 Å². The van der Waals surface area contributed by atoms with Crippen molar-refractivity contribution in [2.45, 2.75) is 0 Å². The molecule has 0 amide bonds. The lowest BCUT2D eigenvalue weighted by atomic mass is 10.0. The van der Waals surface area contributed by atoms with Crippen LogP contribution < -0.4 is 4.90 Å². The molecular weight excluding hydrogens is 590 g/mol. The molecule has 0 fully saturated rings. The van der Waals surface area contributed by atoms with E-state index < -0.39 is 0 Å². The number of anilines is 3. The van der Waals surface area contributed by atoms with E-state index >= 15 is 0 Å². The van der Waals surface area contributed by atoms with Gasteiger partial charge < -0.3 is 9.47 Å². The second-order valence-corrected chi connectivity index (χ2v) is 11.6. The Morgan fingerprint density at radius 2 is 1.21 bits per heavy atom. The second kappa shape index (κ2) is 10.6. The Kier molecular flexibility index (Phi) is 6.27. The van der Waals surface area contributed by atoms with Crippen molar-refractivity contribution in [2.24, 2.45) is 0 Å². The third-order valence-electron chi connectivity index (χ3n) is 8.09. The zero-order chi connectivity index (χ0) is 28.8. The minimum Gasteiger partial charge on any atom is -0.309 e. The van der Waals surface area contributed by atoms with Crippen molar-refractivity contribution in [3.63, 3.8) is 0 Å². The van der Waals surface area contributed by atoms with Crippen molar-refractivity contribution < 1.29 is 0 Å². The van der Waals surface area contributed by atoms with Crippen LogP contribution in [0.25, 0.3) is 49.4 Å². The fourth-order valence-electron chi connectivity index (χ4n) is 6.19. The molecule has 0 N–H and O–H groups in total. The van der Waals surface area contributed by atoms with Crippen molar-refractivity contribution in [2.75, 3.05) is 4.90 Å². The molecule has 43 heavy (non-hydrogen) atoms. The molecule has 8 aromatic rings. The third kappa shape index (κ3) is 4.48. The number of rotatable bonds is 5. The highest BCUT2D eigenvalue weighted by molar-refractivity contribution is 9.10. The van der Waals surface area contributed by atoms with Crippen LogP contribution in [0.1, 0.15) is 0 Å². The van der Waals surface area contributed by atoms with Crippen molar-refractivity contribution in [1.82, 2.24) is 9.55 Å². The molecule has 0 bridgehead atoms. The monoisotopic (exact) mass is 615 g/mol. The number of fused-ring (bicyclic) bond motifs is 4. The molecule has 0 saturated heterocycles. The van der Waals surface area contributed by atoms with E-state index in [4.69, 9.17) is 0 Å². The first kappa shape index (κ1) is 25.5. The van der Waals surface area contributed by atoms with E-state index in [0.717, 1.165) is 38.3 Å². The largest absolute Gasteiger partial charge is 0.309 e.